The summed E-state index contributed by atoms with van der Waals surface area (Å²) in [5, 5.41) is 13.4. The van der Waals surface area contributed by atoms with Crippen molar-refractivity contribution >= 4 is 10.8 Å². The third-order valence-electron chi connectivity index (χ3n) is 4.72. The first-order chi connectivity index (χ1) is 8.99. The summed E-state index contributed by atoms with van der Waals surface area (Å²) in [6.07, 6.45) is 3.93. The molecule has 1 aliphatic carbocycles. The van der Waals surface area contributed by atoms with E-state index in [1.807, 2.05) is 0 Å². The Morgan fingerprint density at radius 1 is 0.842 bits per heavy atom. The summed E-state index contributed by atoms with van der Waals surface area (Å²) in [6, 6.07) is 14.7. The number of rotatable bonds is 1. The molecule has 0 amide bonds. The number of hydrogen-bond acceptors (Lipinski definition) is 1. The molecule has 19 heavy (non-hydrogen) atoms. The average Bonchev–Trinajstić information content (AvgIpc) is 2.42. The fourth-order valence-corrected chi connectivity index (χ4v) is 3.11. The van der Waals surface area contributed by atoms with Crippen LogP contribution >= 0.6 is 0 Å². The van der Waals surface area contributed by atoms with Crippen LogP contribution in [-0.2, 0) is 5.60 Å². The van der Waals surface area contributed by atoms with Gasteiger partial charge in [-0.3, -0.25) is 0 Å². The van der Waals surface area contributed by atoms with Crippen LogP contribution in [-0.4, -0.2) is 5.11 Å². The number of hydrogen-bond donors (Lipinski definition) is 1. The second-order valence-electron chi connectivity index (χ2n) is 6.76. The second-order valence-corrected chi connectivity index (χ2v) is 6.76. The van der Waals surface area contributed by atoms with Gasteiger partial charge in [-0.25, -0.2) is 0 Å². The summed E-state index contributed by atoms with van der Waals surface area (Å²) >= 11 is 0. The van der Waals surface area contributed by atoms with Gasteiger partial charge in [-0.2, -0.15) is 0 Å². The molecule has 1 saturated carbocycles. The van der Waals surface area contributed by atoms with Crippen LogP contribution in [0.3, 0.4) is 0 Å². The Bertz CT molecular complexity index is 587. The van der Waals surface area contributed by atoms with Crippen molar-refractivity contribution in [2.75, 3.05) is 0 Å². The second kappa shape index (κ2) is 4.35. The molecule has 0 spiro atoms. The molecule has 1 aliphatic rings. The number of benzene rings is 2. The van der Waals surface area contributed by atoms with E-state index in [2.05, 4.69) is 56.3 Å². The lowest BCUT2D eigenvalue weighted by molar-refractivity contribution is -0.0304. The molecule has 0 unspecified atom stereocenters. The predicted molar refractivity (Wildman–Crippen MR) is 80.1 cm³/mol. The van der Waals surface area contributed by atoms with Gasteiger partial charge in [-0.15, -0.1) is 0 Å². The van der Waals surface area contributed by atoms with E-state index in [1.54, 1.807) is 0 Å². The summed E-state index contributed by atoms with van der Waals surface area (Å²) in [4.78, 5) is 0. The van der Waals surface area contributed by atoms with Crippen molar-refractivity contribution in [3.63, 3.8) is 0 Å². The first kappa shape index (κ1) is 12.7. The molecule has 0 aromatic heterocycles. The zero-order valence-electron chi connectivity index (χ0n) is 11.8. The van der Waals surface area contributed by atoms with Crippen LogP contribution in [0.2, 0.25) is 0 Å². The van der Waals surface area contributed by atoms with Crippen LogP contribution < -0.4 is 0 Å². The van der Waals surface area contributed by atoms with Gasteiger partial charge in [0, 0.05) is 0 Å². The Balaban J connectivity index is 1.95. The molecule has 1 heteroatoms. The van der Waals surface area contributed by atoms with Gasteiger partial charge < -0.3 is 5.11 Å². The van der Waals surface area contributed by atoms with Crippen LogP contribution in [0, 0.1) is 5.41 Å². The minimum Gasteiger partial charge on any atom is -0.385 e. The highest BCUT2D eigenvalue weighted by Gasteiger charge is 2.37. The monoisotopic (exact) mass is 254 g/mol. The van der Waals surface area contributed by atoms with Gasteiger partial charge in [0.15, 0.2) is 0 Å². The lowest BCUT2D eigenvalue weighted by Gasteiger charge is -2.40. The predicted octanol–water partition coefficient (Wildman–Crippen LogP) is 4.63. The van der Waals surface area contributed by atoms with E-state index in [0.29, 0.717) is 5.41 Å². The van der Waals surface area contributed by atoms with Crippen LogP contribution in [0.15, 0.2) is 42.5 Å². The van der Waals surface area contributed by atoms with Crippen molar-refractivity contribution in [3.05, 3.63) is 48.0 Å². The maximum absolute atomic E-state index is 10.9. The van der Waals surface area contributed by atoms with E-state index in [-0.39, 0.29) is 0 Å². The highest BCUT2D eigenvalue weighted by molar-refractivity contribution is 5.83. The number of aliphatic hydroxyl groups is 1. The molecule has 1 fully saturated rings. The quantitative estimate of drug-likeness (QED) is 0.786. The van der Waals surface area contributed by atoms with Gasteiger partial charge in [0.25, 0.3) is 0 Å². The van der Waals surface area contributed by atoms with Crippen molar-refractivity contribution in [1.29, 1.82) is 0 Å². The highest BCUT2D eigenvalue weighted by atomic mass is 16.3. The summed E-state index contributed by atoms with van der Waals surface area (Å²) < 4.78 is 0. The molecule has 1 nitrogen and oxygen atoms in total. The van der Waals surface area contributed by atoms with Crippen LogP contribution in [0.5, 0.6) is 0 Å². The smallest absolute Gasteiger partial charge is 0.0897 e. The van der Waals surface area contributed by atoms with Crippen molar-refractivity contribution in [1.82, 2.24) is 0 Å². The minimum atomic E-state index is -0.625. The van der Waals surface area contributed by atoms with Gasteiger partial charge in [0.2, 0.25) is 0 Å². The standard InChI is InChI=1S/C18H22O/c1-17(2)9-11-18(19,12-10-17)16-8-7-14-5-3-4-6-15(14)13-16/h3-8,13,19H,9-12H2,1-2H3. The number of fused-ring (bicyclic) bond motifs is 1. The molecule has 0 heterocycles. The van der Waals surface area contributed by atoms with Crippen molar-refractivity contribution in [2.24, 2.45) is 5.41 Å². The first-order valence-corrected chi connectivity index (χ1v) is 7.20. The van der Waals surface area contributed by atoms with E-state index >= 15 is 0 Å². The topological polar surface area (TPSA) is 20.2 Å². The van der Waals surface area contributed by atoms with E-state index in [9.17, 15) is 5.11 Å². The van der Waals surface area contributed by atoms with Gasteiger partial charge in [-0.1, -0.05) is 50.2 Å². The first-order valence-electron chi connectivity index (χ1n) is 7.20. The zero-order valence-corrected chi connectivity index (χ0v) is 11.8. The van der Waals surface area contributed by atoms with E-state index < -0.39 is 5.60 Å². The minimum absolute atomic E-state index is 0.378. The SMILES string of the molecule is CC1(C)CCC(O)(c2ccc3ccccc3c2)CC1. The Morgan fingerprint density at radius 2 is 1.47 bits per heavy atom. The van der Waals surface area contributed by atoms with Gasteiger partial charge in [-0.05, 0) is 53.5 Å². The molecular formula is C18H22O. The highest BCUT2D eigenvalue weighted by Crippen LogP contribution is 2.45. The van der Waals surface area contributed by atoms with Gasteiger partial charge in [0.05, 0.1) is 5.60 Å². The molecular weight excluding hydrogens is 232 g/mol. The van der Waals surface area contributed by atoms with E-state index in [0.717, 1.165) is 31.2 Å². The largest absolute Gasteiger partial charge is 0.385 e. The van der Waals surface area contributed by atoms with Crippen molar-refractivity contribution in [2.45, 2.75) is 45.1 Å². The summed E-state index contributed by atoms with van der Waals surface area (Å²) in [6.45, 7) is 4.60. The average molecular weight is 254 g/mol. The Morgan fingerprint density at radius 3 is 2.16 bits per heavy atom. The molecule has 0 bridgehead atoms. The van der Waals surface area contributed by atoms with Crippen LogP contribution in [0.25, 0.3) is 10.8 Å². The lowest BCUT2D eigenvalue weighted by Crippen LogP contribution is -2.34. The lowest BCUT2D eigenvalue weighted by atomic mass is 9.69. The van der Waals surface area contributed by atoms with Crippen molar-refractivity contribution in [3.8, 4) is 0 Å². The maximum atomic E-state index is 10.9. The van der Waals surface area contributed by atoms with Gasteiger partial charge >= 0.3 is 0 Å². The zero-order chi connectivity index (χ0) is 13.5. The Labute approximate surface area is 115 Å². The molecule has 0 saturated heterocycles. The molecule has 2 aromatic carbocycles. The summed E-state index contributed by atoms with van der Waals surface area (Å²) in [5.41, 5.74) is 0.838. The summed E-state index contributed by atoms with van der Waals surface area (Å²) in [5.74, 6) is 0. The van der Waals surface area contributed by atoms with Crippen LogP contribution in [0.4, 0.5) is 0 Å². The normalized spacial score (nSPS) is 21.4. The molecule has 0 atom stereocenters. The molecule has 1 N–H and O–H groups in total. The summed E-state index contributed by atoms with van der Waals surface area (Å²) in [7, 11) is 0. The maximum Gasteiger partial charge on any atom is 0.0897 e. The van der Waals surface area contributed by atoms with E-state index in [4.69, 9.17) is 0 Å². The fourth-order valence-electron chi connectivity index (χ4n) is 3.11. The molecule has 0 radical (unpaired) electrons. The third kappa shape index (κ3) is 2.40. The Kier molecular flexibility index (Phi) is 2.90. The van der Waals surface area contributed by atoms with Crippen molar-refractivity contribution < 1.29 is 5.11 Å². The van der Waals surface area contributed by atoms with Gasteiger partial charge in [0.1, 0.15) is 0 Å². The third-order valence-corrected chi connectivity index (χ3v) is 4.72. The fraction of sp³-hybridized carbons (Fsp3) is 0.444. The molecule has 100 valence electrons. The van der Waals surface area contributed by atoms with E-state index in [1.165, 1.54) is 10.8 Å². The molecule has 0 aliphatic heterocycles. The molecule has 2 aromatic rings. The molecule has 3 rings (SSSR count). The van der Waals surface area contributed by atoms with Crippen LogP contribution in [0.1, 0.15) is 45.1 Å². The Hall–Kier alpha value is -1.34.